The molecule has 2 rings (SSSR count). The Morgan fingerprint density at radius 1 is 1.05 bits per heavy atom. The number of nitrogens with one attached hydrogen (secondary N) is 1. The summed E-state index contributed by atoms with van der Waals surface area (Å²) in [4.78, 5) is 11.3. The molecule has 4 nitrogen and oxygen atoms in total. The Morgan fingerprint density at radius 2 is 1.76 bits per heavy atom. The van der Waals surface area contributed by atoms with E-state index in [1.165, 1.54) is 7.11 Å². The number of ether oxygens (including phenoxy) is 2. The van der Waals surface area contributed by atoms with Crippen molar-refractivity contribution in [3.05, 3.63) is 54.1 Å². The van der Waals surface area contributed by atoms with Gasteiger partial charge in [0, 0.05) is 0 Å². The van der Waals surface area contributed by atoms with Crippen LogP contribution in [0.2, 0.25) is 0 Å². The summed E-state index contributed by atoms with van der Waals surface area (Å²) in [5.74, 6) is 0.829. The van der Waals surface area contributed by atoms with Crippen LogP contribution in [0.3, 0.4) is 0 Å². The predicted octanol–water partition coefficient (Wildman–Crippen LogP) is 3.78. The molecule has 0 aliphatic rings. The fraction of sp³-hybridized carbons (Fsp3) is 0.235. The fourth-order valence-electron chi connectivity index (χ4n) is 2.09. The minimum atomic E-state index is -0.433. The first-order valence-electron chi connectivity index (χ1n) is 6.73. The molecule has 1 atom stereocenters. The third kappa shape index (κ3) is 3.75. The van der Waals surface area contributed by atoms with Crippen LogP contribution in [0.5, 0.6) is 5.75 Å². The monoisotopic (exact) mass is 285 g/mol. The number of carbonyl (C=O) groups excluding carboxylic acids is 1. The van der Waals surface area contributed by atoms with Gasteiger partial charge in [-0.05, 0) is 41.8 Å². The molecular weight excluding hydrogens is 266 g/mol. The second-order valence-corrected chi connectivity index (χ2v) is 4.71. The number of methoxy groups -OCH3 is 2. The number of amides is 1. The Kier molecular flexibility index (Phi) is 4.82. The lowest BCUT2D eigenvalue weighted by molar-refractivity contribution is 0.167. The molecule has 0 aliphatic heterocycles. The molecule has 110 valence electrons. The molecule has 0 aromatic heterocycles. The van der Waals surface area contributed by atoms with Gasteiger partial charge in [-0.1, -0.05) is 30.3 Å². The summed E-state index contributed by atoms with van der Waals surface area (Å²) in [5.41, 5.74) is 3.21. The molecule has 21 heavy (non-hydrogen) atoms. The fourth-order valence-corrected chi connectivity index (χ4v) is 2.09. The molecular formula is C17H19NO3. The molecule has 0 heterocycles. The van der Waals surface area contributed by atoms with E-state index in [9.17, 15) is 4.79 Å². The number of rotatable bonds is 4. The Labute approximate surface area is 124 Å². The van der Waals surface area contributed by atoms with Crippen LogP contribution in [-0.4, -0.2) is 20.3 Å². The lowest BCUT2D eigenvalue weighted by atomic mass is 10.00. The number of hydrogen-bond donors (Lipinski definition) is 1. The summed E-state index contributed by atoms with van der Waals surface area (Å²) in [6, 6.07) is 15.8. The van der Waals surface area contributed by atoms with Crippen LogP contribution in [0.4, 0.5) is 4.79 Å². The second-order valence-electron chi connectivity index (χ2n) is 4.71. The van der Waals surface area contributed by atoms with Crippen molar-refractivity contribution >= 4 is 6.09 Å². The zero-order valence-electron chi connectivity index (χ0n) is 12.4. The summed E-state index contributed by atoms with van der Waals surface area (Å²) in [6.07, 6.45) is -0.433. The maximum absolute atomic E-state index is 11.3. The maximum Gasteiger partial charge on any atom is 0.407 e. The van der Waals surface area contributed by atoms with Crippen molar-refractivity contribution in [1.29, 1.82) is 0 Å². The van der Waals surface area contributed by atoms with Crippen LogP contribution in [0.15, 0.2) is 48.5 Å². The zero-order chi connectivity index (χ0) is 15.2. The minimum absolute atomic E-state index is 0.115. The molecule has 0 aliphatic carbocycles. The van der Waals surface area contributed by atoms with Gasteiger partial charge in [-0.3, -0.25) is 0 Å². The normalized spacial score (nSPS) is 11.6. The molecule has 2 aromatic carbocycles. The van der Waals surface area contributed by atoms with Gasteiger partial charge in [0.05, 0.1) is 20.3 Å². The van der Waals surface area contributed by atoms with E-state index in [0.717, 1.165) is 22.4 Å². The van der Waals surface area contributed by atoms with E-state index in [4.69, 9.17) is 4.74 Å². The van der Waals surface area contributed by atoms with Crippen LogP contribution in [0.25, 0.3) is 11.1 Å². The lowest BCUT2D eigenvalue weighted by Gasteiger charge is -2.14. The van der Waals surface area contributed by atoms with Crippen LogP contribution in [0, 0.1) is 0 Å². The van der Waals surface area contributed by atoms with Crippen LogP contribution < -0.4 is 10.1 Å². The van der Waals surface area contributed by atoms with E-state index < -0.39 is 6.09 Å². The molecule has 0 saturated heterocycles. The van der Waals surface area contributed by atoms with E-state index in [2.05, 4.69) is 16.1 Å². The van der Waals surface area contributed by atoms with Crippen molar-refractivity contribution in [2.24, 2.45) is 0 Å². The van der Waals surface area contributed by atoms with E-state index in [0.29, 0.717) is 0 Å². The third-order valence-electron chi connectivity index (χ3n) is 3.33. The van der Waals surface area contributed by atoms with Gasteiger partial charge in [0.1, 0.15) is 5.75 Å². The first kappa shape index (κ1) is 14.9. The Morgan fingerprint density at radius 3 is 2.38 bits per heavy atom. The first-order valence-corrected chi connectivity index (χ1v) is 6.73. The molecule has 1 unspecified atom stereocenters. The maximum atomic E-state index is 11.3. The van der Waals surface area contributed by atoms with Crippen LogP contribution in [0.1, 0.15) is 18.5 Å². The SMILES string of the molecule is COC(=O)NC(C)c1cccc(-c2ccc(OC)cc2)c1. The summed E-state index contributed by atoms with van der Waals surface area (Å²) in [7, 11) is 3.01. The molecule has 1 N–H and O–H groups in total. The van der Waals surface area contributed by atoms with Gasteiger partial charge in [0.15, 0.2) is 0 Å². The number of carbonyl (C=O) groups is 1. The molecule has 0 bridgehead atoms. The summed E-state index contributed by atoms with van der Waals surface area (Å²) in [5, 5.41) is 2.76. The van der Waals surface area contributed by atoms with Crippen molar-refractivity contribution in [1.82, 2.24) is 5.32 Å². The second kappa shape index (κ2) is 6.79. The van der Waals surface area contributed by atoms with E-state index in [1.54, 1.807) is 7.11 Å². The van der Waals surface area contributed by atoms with E-state index in [-0.39, 0.29) is 6.04 Å². The van der Waals surface area contributed by atoms with Gasteiger partial charge >= 0.3 is 6.09 Å². The first-order chi connectivity index (χ1) is 10.1. The van der Waals surface area contributed by atoms with Crippen molar-refractivity contribution in [2.45, 2.75) is 13.0 Å². The highest BCUT2D eigenvalue weighted by molar-refractivity contribution is 5.68. The highest BCUT2D eigenvalue weighted by atomic mass is 16.5. The molecule has 0 spiro atoms. The predicted molar refractivity (Wildman–Crippen MR) is 82.4 cm³/mol. The van der Waals surface area contributed by atoms with Gasteiger partial charge in [-0.25, -0.2) is 4.79 Å². The van der Waals surface area contributed by atoms with Gasteiger partial charge in [-0.15, -0.1) is 0 Å². The number of hydrogen-bond acceptors (Lipinski definition) is 3. The molecule has 0 saturated carbocycles. The van der Waals surface area contributed by atoms with Gasteiger partial charge in [0.25, 0.3) is 0 Å². The van der Waals surface area contributed by atoms with E-state index >= 15 is 0 Å². The lowest BCUT2D eigenvalue weighted by Crippen LogP contribution is -2.26. The average molecular weight is 285 g/mol. The quantitative estimate of drug-likeness (QED) is 0.930. The van der Waals surface area contributed by atoms with Crippen molar-refractivity contribution in [3.8, 4) is 16.9 Å². The van der Waals surface area contributed by atoms with Crippen molar-refractivity contribution < 1.29 is 14.3 Å². The smallest absolute Gasteiger partial charge is 0.407 e. The standard InChI is InChI=1S/C17H19NO3/c1-12(18-17(19)21-3)14-5-4-6-15(11-14)13-7-9-16(20-2)10-8-13/h4-12H,1-3H3,(H,18,19). The van der Waals surface area contributed by atoms with Gasteiger partial charge in [-0.2, -0.15) is 0 Å². The molecule has 2 aromatic rings. The van der Waals surface area contributed by atoms with Crippen molar-refractivity contribution in [3.63, 3.8) is 0 Å². The Balaban J connectivity index is 2.22. The largest absolute Gasteiger partial charge is 0.497 e. The summed E-state index contributed by atoms with van der Waals surface area (Å²) in [6.45, 7) is 1.92. The van der Waals surface area contributed by atoms with Gasteiger partial charge < -0.3 is 14.8 Å². The summed E-state index contributed by atoms with van der Waals surface area (Å²) < 4.78 is 9.78. The van der Waals surface area contributed by atoms with Crippen LogP contribution >= 0.6 is 0 Å². The average Bonchev–Trinajstić information content (AvgIpc) is 2.55. The summed E-state index contributed by atoms with van der Waals surface area (Å²) >= 11 is 0. The Hall–Kier alpha value is -2.49. The van der Waals surface area contributed by atoms with Gasteiger partial charge in [0.2, 0.25) is 0 Å². The number of benzene rings is 2. The Bertz CT molecular complexity index is 608. The highest BCUT2D eigenvalue weighted by Crippen LogP contribution is 2.25. The minimum Gasteiger partial charge on any atom is -0.497 e. The zero-order valence-corrected chi connectivity index (χ0v) is 12.4. The molecule has 0 fully saturated rings. The highest BCUT2D eigenvalue weighted by Gasteiger charge is 2.10. The number of alkyl carbamates (subject to hydrolysis) is 1. The topological polar surface area (TPSA) is 47.6 Å². The third-order valence-corrected chi connectivity index (χ3v) is 3.33. The molecule has 4 heteroatoms. The molecule has 1 amide bonds. The van der Waals surface area contributed by atoms with Crippen LogP contribution in [-0.2, 0) is 4.74 Å². The van der Waals surface area contributed by atoms with E-state index in [1.807, 2.05) is 49.4 Å². The van der Waals surface area contributed by atoms with Crippen molar-refractivity contribution in [2.75, 3.05) is 14.2 Å². The molecule has 0 radical (unpaired) electrons.